The van der Waals surface area contributed by atoms with Crippen molar-refractivity contribution in [1.82, 2.24) is 14.3 Å². The molecule has 0 radical (unpaired) electrons. The number of aryl methyl sites for hydroxylation is 1. The third-order valence-corrected chi connectivity index (χ3v) is 7.48. The predicted octanol–water partition coefficient (Wildman–Crippen LogP) is 5.45. The number of carbonyl (C=O) groups excluding carboxylic acids is 2. The van der Waals surface area contributed by atoms with Gasteiger partial charge < -0.3 is 4.57 Å². The van der Waals surface area contributed by atoms with Crippen LogP contribution in [0.15, 0.2) is 60.7 Å². The SMILES string of the molecule is Cc1cc2c(C3=CC=CCC3=O)c(C(=O)NS(C)(=O)=O)n(Cc3cc4ccccc4nc3Cl)c2cc1Cl. The summed E-state index contributed by atoms with van der Waals surface area (Å²) >= 11 is 13.0. The number of halogens is 2. The lowest BCUT2D eigenvalue weighted by molar-refractivity contribution is -0.113. The van der Waals surface area contributed by atoms with Gasteiger partial charge in [-0.15, -0.1) is 0 Å². The third-order valence-electron chi connectivity index (χ3n) is 6.19. The van der Waals surface area contributed by atoms with Crippen LogP contribution in [-0.2, 0) is 21.4 Å². The van der Waals surface area contributed by atoms with Crippen molar-refractivity contribution in [1.29, 1.82) is 0 Å². The molecule has 2 aromatic heterocycles. The molecule has 0 saturated heterocycles. The van der Waals surface area contributed by atoms with Gasteiger partial charge in [0.25, 0.3) is 5.91 Å². The number of ketones is 1. The Morgan fingerprint density at radius 2 is 1.92 bits per heavy atom. The molecule has 0 spiro atoms. The summed E-state index contributed by atoms with van der Waals surface area (Å²) in [7, 11) is -3.91. The lowest BCUT2D eigenvalue weighted by Crippen LogP contribution is -2.32. The van der Waals surface area contributed by atoms with Crippen LogP contribution in [-0.4, -0.2) is 35.9 Å². The minimum Gasteiger partial charge on any atom is -0.331 e. The molecule has 1 aliphatic rings. The molecule has 10 heteroatoms. The van der Waals surface area contributed by atoms with Crippen LogP contribution in [0.1, 0.15) is 33.6 Å². The van der Waals surface area contributed by atoms with E-state index in [1.165, 1.54) is 0 Å². The van der Waals surface area contributed by atoms with Crippen LogP contribution in [0.5, 0.6) is 0 Å². The van der Waals surface area contributed by atoms with E-state index in [4.69, 9.17) is 23.2 Å². The van der Waals surface area contributed by atoms with E-state index < -0.39 is 15.9 Å². The van der Waals surface area contributed by atoms with Gasteiger partial charge in [-0.1, -0.05) is 59.6 Å². The summed E-state index contributed by atoms with van der Waals surface area (Å²) in [5.41, 5.74) is 3.29. The maximum absolute atomic E-state index is 13.5. The second kappa shape index (κ2) is 9.45. The average Bonchev–Trinajstić information content (AvgIpc) is 3.12. The Hall–Kier alpha value is -3.46. The number of hydrogen-bond donors (Lipinski definition) is 1. The Morgan fingerprint density at radius 3 is 2.65 bits per heavy atom. The number of rotatable bonds is 5. The number of amides is 1. The zero-order valence-electron chi connectivity index (χ0n) is 19.9. The molecule has 1 aliphatic carbocycles. The number of carbonyl (C=O) groups is 2. The lowest BCUT2D eigenvalue weighted by atomic mass is 9.93. The standard InChI is InChI=1S/C27H21Cl2N3O4S/c1-15-11-19-22(13-20(15)28)32(14-17-12-16-7-3-5-9-21(16)30-26(17)29)25(27(34)31-37(2,35)36)24(19)18-8-4-6-10-23(18)33/h3-9,11-13H,10,14H2,1-2H3,(H,31,34). The Morgan fingerprint density at radius 1 is 1.16 bits per heavy atom. The first-order chi connectivity index (χ1) is 17.5. The number of aromatic nitrogens is 2. The molecular formula is C27H21Cl2N3O4S. The van der Waals surface area contributed by atoms with Crippen molar-refractivity contribution < 1.29 is 18.0 Å². The summed E-state index contributed by atoms with van der Waals surface area (Å²) in [5, 5.41) is 2.15. The van der Waals surface area contributed by atoms with Crippen molar-refractivity contribution >= 4 is 72.3 Å². The molecule has 2 heterocycles. The number of pyridine rings is 1. The smallest absolute Gasteiger partial charge is 0.282 e. The Kier molecular flexibility index (Phi) is 6.43. The molecule has 37 heavy (non-hydrogen) atoms. The van der Waals surface area contributed by atoms with Crippen molar-refractivity contribution in [2.75, 3.05) is 6.26 Å². The van der Waals surface area contributed by atoms with E-state index in [2.05, 4.69) is 9.71 Å². The zero-order valence-corrected chi connectivity index (χ0v) is 22.2. The van der Waals surface area contributed by atoms with Crippen molar-refractivity contribution in [2.24, 2.45) is 0 Å². The van der Waals surface area contributed by atoms with Crippen LogP contribution in [0, 0.1) is 6.92 Å². The van der Waals surface area contributed by atoms with E-state index >= 15 is 0 Å². The number of para-hydroxylation sites is 1. The van der Waals surface area contributed by atoms with Crippen LogP contribution in [0.3, 0.4) is 0 Å². The lowest BCUT2D eigenvalue weighted by Gasteiger charge is -2.15. The monoisotopic (exact) mass is 553 g/mol. The summed E-state index contributed by atoms with van der Waals surface area (Å²) in [6.45, 7) is 1.90. The number of nitrogens with zero attached hydrogens (tertiary/aromatic N) is 2. The van der Waals surface area contributed by atoms with Gasteiger partial charge in [0.15, 0.2) is 5.78 Å². The van der Waals surface area contributed by atoms with E-state index in [0.717, 1.165) is 17.2 Å². The predicted molar refractivity (Wildman–Crippen MR) is 147 cm³/mol. The van der Waals surface area contributed by atoms with Crippen LogP contribution in [0.25, 0.3) is 27.4 Å². The fourth-order valence-electron chi connectivity index (χ4n) is 4.55. The molecule has 5 rings (SSSR count). The first-order valence-corrected chi connectivity index (χ1v) is 14.0. The van der Waals surface area contributed by atoms with Crippen molar-refractivity contribution in [2.45, 2.75) is 19.9 Å². The molecule has 2 aromatic carbocycles. The Balaban J connectivity index is 1.84. The fourth-order valence-corrected chi connectivity index (χ4v) is 5.35. The van der Waals surface area contributed by atoms with E-state index in [0.29, 0.717) is 38.1 Å². The highest BCUT2D eigenvalue weighted by Gasteiger charge is 2.30. The highest BCUT2D eigenvalue weighted by Crippen LogP contribution is 2.38. The Bertz CT molecular complexity index is 1800. The summed E-state index contributed by atoms with van der Waals surface area (Å²) in [6, 6.07) is 12.9. The number of Topliss-reactive ketones (excluding diaryl/α,β-unsaturated/α-hetero) is 1. The van der Waals surface area contributed by atoms with Crippen molar-refractivity contribution in [3.8, 4) is 0 Å². The van der Waals surface area contributed by atoms with Gasteiger partial charge in [-0.2, -0.15) is 0 Å². The van der Waals surface area contributed by atoms with Crippen molar-refractivity contribution in [3.05, 3.63) is 93.3 Å². The minimum absolute atomic E-state index is 0.0150. The number of sulfonamides is 1. The van der Waals surface area contributed by atoms with Crippen LogP contribution < -0.4 is 4.72 Å². The summed E-state index contributed by atoms with van der Waals surface area (Å²) in [5.74, 6) is -1.05. The summed E-state index contributed by atoms with van der Waals surface area (Å²) in [4.78, 5) is 31.0. The Labute approximate surface area is 223 Å². The molecule has 0 unspecified atom stereocenters. The normalized spacial score (nSPS) is 13.8. The fraction of sp³-hybridized carbons (Fsp3) is 0.148. The first-order valence-electron chi connectivity index (χ1n) is 11.3. The zero-order chi connectivity index (χ0) is 26.5. The third kappa shape index (κ3) is 4.80. The van der Waals surface area contributed by atoms with Gasteiger partial charge in [-0.3, -0.25) is 9.59 Å². The first kappa shape index (κ1) is 25.2. The minimum atomic E-state index is -3.91. The van der Waals surface area contributed by atoms with Crippen molar-refractivity contribution in [3.63, 3.8) is 0 Å². The molecule has 1 amide bonds. The van der Waals surface area contributed by atoms with Crippen LogP contribution in [0.2, 0.25) is 10.2 Å². The van der Waals surface area contributed by atoms with Gasteiger partial charge >= 0.3 is 0 Å². The maximum atomic E-state index is 13.5. The number of benzene rings is 2. The topological polar surface area (TPSA) is 98.1 Å². The number of hydrogen-bond acceptors (Lipinski definition) is 5. The van der Waals surface area contributed by atoms with E-state index in [1.807, 2.05) is 37.3 Å². The molecular weight excluding hydrogens is 533 g/mol. The quantitative estimate of drug-likeness (QED) is 0.331. The van der Waals surface area contributed by atoms with Gasteiger partial charge in [0.1, 0.15) is 10.8 Å². The molecule has 1 N–H and O–H groups in total. The van der Waals surface area contributed by atoms with E-state index in [9.17, 15) is 18.0 Å². The van der Waals surface area contributed by atoms with E-state index in [-0.39, 0.29) is 29.6 Å². The van der Waals surface area contributed by atoms with Gasteiger partial charge in [0, 0.05) is 38.9 Å². The van der Waals surface area contributed by atoms with Crippen LogP contribution >= 0.6 is 23.2 Å². The molecule has 7 nitrogen and oxygen atoms in total. The van der Waals surface area contributed by atoms with E-state index in [1.54, 1.807) is 34.9 Å². The molecule has 0 saturated carbocycles. The van der Waals surface area contributed by atoms with Gasteiger partial charge in [0.2, 0.25) is 10.0 Å². The number of allylic oxidation sites excluding steroid dienone is 4. The highest BCUT2D eigenvalue weighted by molar-refractivity contribution is 7.89. The van der Waals surface area contributed by atoms with Gasteiger partial charge in [-0.25, -0.2) is 18.1 Å². The van der Waals surface area contributed by atoms with Crippen LogP contribution in [0.4, 0.5) is 0 Å². The molecule has 0 aliphatic heterocycles. The molecule has 0 atom stereocenters. The number of fused-ring (bicyclic) bond motifs is 2. The summed E-state index contributed by atoms with van der Waals surface area (Å²) in [6.07, 6.45) is 6.17. The largest absolute Gasteiger partial charge is 0.331 e. The molecule has 0 fully saturated rings. The second-order valence-electron chi connectivity index (χ2n) is 8.90. The number of nitrogens with one attached hydrogen (secondary N) is 1. The second-order valence-corrected chi connectivity index (χ2v) is 11.4. The highest BCUT2D eigenvalue weighted by atomic mass is 35.5. The average molecular weight is 554 g/mol. The molecule has 0 bridgehead atoms. The summed E-state index contributed by atoms with van der Waals surface area (Å²) < 4.78 is 27.9. The molecule has 188 valence electrons. The molecule has 4 aromatic rings. The van der Waals surface area contributed by atoms with Gasteiger partial charge in [0.05, 0.1) is 23.8 Å². The maximum Gasteiger partial charge on any atom is 0.282 e. The van der Waals surface area contributed by atoms with Gasteiger partial charge in [-0.05, 0) is 36.8 Å².